The summed E-state index contributed by atoms with van der Waals surface area (Å²) in [6.07, 6.45) is 0. The summed E-state index contributed by atoms with van der Waals surface area (Å²) in [7, 11) is -3.98. The van der Waals surface area contributed by atoms with Gasteiger partial charge in [0.25, 0.3) is 0 Å². The van der Waals surface area contributed by atoms with Crippen LogP contribution in [-0.2, 0) is 10.0 Å². The summed E-state index contributed by atoms with van der Waals surface area (Å²) in [6, 6.07) is 3.69. The van der Waals surface area contributed by atoms with Crippen molar-refractivity contribution >= 4 is 44.9 Å². The van der Waals surface area contributed by atoms with Crippen molar-refractivity contribution in [2.45, 2.75) is 0 Å². The van der Waals surface area contributed by atoms with Crippen LogP contribution in [-0.4, -0.2) is 25.2 Å². The smallest absolute Gasteiger partial charge is 0.337 e. The number of nitriles is 1. The predicted molar refractivity (Wildman–Crippen MR) is 66.4 cm³/mol. The summed E-state index contributed by atoms with van der Waals surface area (Å²) in [6.45, 7) is 0. The number of halogens is 2. The molecule has 1 rings (SSSR count). The molecule has 0 aromatic heterocycles. The van der Waals surface area contributed by atoms with Gasteiger partial charge in [0.2, 0.25) is 10.0 Å². The molecule has 0 radical (unpaired) electrons. The zero-order valence-corrected chi connectivity index (χ0v) is 11.0. The molecule has 18 heavy (non-hydrogen) atoms. The molecule has 0 saturated heterocycles. The van der Waals surface area contributed by atoms with Gasteiger partial charge in [0.1, 0.15) is 0 Å². The number of rotatable bonds is 4. The number of nitrogens with one attached hydrogen (secondary N) is 1. The van der Waals surface area contributed by atoms with Gasteiger partial charge in [-0.05, 0) is 12.1 Å². The number of nitrogens with zero attached hydrogens (tertiary/aromatic N) is 1. The minimum absolute atomic E-state index is 0.0561. The van der Waals surface area contributed by atoms with Gasteiger partial charge < -0.3 is 5.11 Å². The van der Waals surface area contributed by atoms with E-state index in [1.54, 1.807) is 0 Å². The lowest BCUT2D eigenvalue weighted by molar-refractivity contribution is 0.0698. The average molecular weight is 309 g/mol. The van der Waals surface area contributed by atoms with Gasteiger partial charge in [-0.2, -0.15) is 5.26 Å². The number of carbonyl (C=O) groups is 1. The van der Waals surface area contributed by atoms with Crippen LogP contribution in [0.2, 0.25) is 10.0 Å². The van der Waals surface area contributed by atoms with Crippen molar-refractivity contribution < 1.29 is 18.3 Å². The number of hydrogen-bond donors (Lipinski definition) is 2. The second-order valence-corrected chi connectivity index (χ2v) is 5.70. The molecular weight excluding hydrogens is 303 g/mol. The van der Waals surface area contributed by atoms with Gasteiger partial charge in [-0.15, -0.1) is 0 Å². The van der Waals surface area contributed by atoms with E-state index in [-0.39, 0.29) is 15.7 Å². The second kappa shape index (κ2) is 5.44. The molecule has 0 atom stereocenters. The molecule has 9 heteroatoms. The number of carboxylic acids is 1. The first-order chi connectivity index (χ1) is 8.26. The van der Waals surface area contributed by atoms with E-state index in [0.717, 1.165) is 6.07 Å². The lowest BCUT2D eigenvalue weighted by Crippen LogP contribution is -2.18. The van der Waals surface area contributed by atoms with E-state index in [4.69, 9.17) is 33.6 Å². The molecular formula is C9H6Cl2N2O4S. The molecule has 2 N–H and O–H groups in total. The Morgan fingerprint density at radius 2 is 2.06 bits per heavy atom. The molecule has 96 valence electrons. The minimum Gasteiger partial charge on any atom is -0.478 e. The predicted octanol–water partition coefficient (Wildman–Crippen LogP) is 1.96. The van der Waals surface area contributed by atoms with E-state index in [9.17, 15) is 13.2 Å². The summed E-state index contributed by atoms with van der Waals surface area (Å²) < 4.78 is 24.7. The number of sulfonamides is 1. The first-order valence-corrected chi connectivity index (χ1v) is 6.77. The quantitative estimate of drug-likeness (QED) is 0.884. The van der Waals surface area contributed by atoms with E-state index in [2.05, 4.69) is 0 Å². The van der Waals surface area contributed by atoms with Gasteiger partial charge in [0, 0.05) is 5.02 Å². The Hall–Kier alpha value is -1.49. The highest BCUT2D eigenvalue weighted by atomic mass is 35.5. The first kappa shape index (κ1) is 14.6. The monoisotopic (exact) mass is 308 g/mol. The summed E-state index contributed by atoms with van der Waals surface area (Å²) >= 11 is 11.3. The van der Waals surface area contributed by atoms with Crippen LogP contribution in [0.5, 0.6) is 0 Å². The molecule has 0 aliphatic heterocycles. The SMILES string of the molecule is N#CCS(=O)(=O)Nc1c(Cl)cc(Cl)cc1C(=O)O. The third kappa shape index (κ3) is 3.50. The van der Waals surface area contributed by atoms with Crippen LogP contribution in [0.25, 0.3) is 0 Å². The van der Waals surface area contributed by atoms with Gasteiger partial charge in [0.15, 0.2) is 5.75 Å². The van der Waals surface area contributed by atoms with Crippen molar-refractivity contribution in [2.24, 2.45) is 0 Å². The van der Waals surface area contributed by atoms with Crippen LogP contribution in [0, 0.1) is 11.3 Å². The lowest BCUT2D eigenvalue weighted by Gasteiger charge is -2.11. The van der Waals surface area contributed by atoms with E-state index in [1.165, 1.54) is 12.1 Å². The highest BCUT2D eigenvalue weighted by Crippen LogP contribution is 2.31. The molecule has 0 spiro atoms. The molecule has 0 heterocycles. The van der Waals surface area contributed by atoms with Crippen LogP contribution in [0.15, 0.2) is 12.1 Å². The summed E-state index contributed by atoms with van der Waals surface area (Å²) in [5, 5.41) is 17.1. The molecule has 0 aliphatic rings. The largest absolute Gasteiger partial charge is 0.478 e. The molecule has 0 aliphatic carbocycles. The van der Waals surface area contributed by atoms with Crippen LogP contribution in [0.4, 0.5) is 5.69 Å². The number of anilines is 1. The van der Waals surface area contributed by atoms with E-state index < -0.39 is 27.3 Å². The third-order valence-electron chi connectivity index (χ3n) is 1.80. The molecule has 0 bridgehead atoms. The number of hydrogen-bond acceptors (Lipinski definition) is 4. The van der Waals surface area contributed by atoms with Gasteiger partial charge in [-0.25, -0.2) is 13.2 Å². The summed E-state index contributed by atoms with van der Waals surface area (Å²) in [5.41, 5.74) is -0.710. The second-order valence-electron chi connectivity index (χ2n) is 3.13. The molecule has 0 fully saturated rings. The molecule has 0 amide bonds. The van der Waals surface area contributed by atoms with Crippen LogP contribution < -0.4 is 4.72 Å². The Bertz CT molecular complexity index is 637. The highest BCUT2D eigenvalue weighted by molar-refractivity contribution is 7.92. The standard InChI is InChI=1S/C9H6Cl2N2O4S/c10-5-3-6(9(14)15)8(7(11)4-5)13-18(16,17)2-1-12/h3-4,13H,2H2,(H,14,15). The topological polar surface area (TPSA) is 107 Å². The van der Waals surface area contributed by atoms with Crippen LogP contribution in [0.1, 0.15) is 10.4 Å². The normalized spacial score (nSPS) is 10.7. The third-order valence-corrected chi connectivity index (χ3v) is 3.34. The maximum atomic E-state index is 11.4. The number of benzene rings is 1. The van der Waals surface area contributed by atoms with Crippen molar-refractivity contribution in [2.75, 3.05) is 10.5 Å². The van der Waals surface area contributed by atoms with Crippen LogP contribution in [0.3, 0.4) is 0 Å². The average Bonchev–Trinajstić information content (AvgIpc) is 2.21. The van der Waals surface area contributed by atoms with Crippen LogP contribution >= 0.6 is 23.2 Å². The Kier molecular flexibility index (Phi) is 4.40. The number of aromatic carboxylic acids is 1. The van der Waals surface area contributed by atoms with Crippen molar-refractivity contribution in [3.05, 3.63) is 27.7 Å². The van der Waals surface area contributed by atoms with Gasteiger partial charge in [0.05, 0.1) is 22.3 Å². The van der Waals surface area contributed by atoms with Crippen molar-refractivity contribution in [3.8, 4) is 6.07 Å². The molecule has 6 nitrogen and oxygen atoms in total. The lowest BCUT2D eigenvalue weighted by atomic mass is 10.2. The Labute approximate surface area is 113 Å². The molecule has 1 aromatic rings. The fourth-order valence-electron chi connectivity index (χ4n) is 1.12. The maximum Gasteiger partial charge on any atom is 0.337 e. The minimum atomic E-state index is -3.98. The fraction of sp³-hybridized carbons (Fsp3) is 0.111. The van der Waals surface area contributed by atoms with Crippen molar-refractivity contribution in [3.63, 3.8) is 0 Å². The summed E-state index contributed by atoms with van der Waals surface area (Å²) in [4.78, 5) is 11.0. The van der Waals surface area contributed by atoms with Crippen molar-refractivity contribution in [1.29, 1.82) is 5.26 Å². The molecule has 1 aromatic carbocycles. The molecule has 0 saturated carbocycles. The Morgan fingerprint density at radius 3 is 2.56 bits per heavy atom. The summed E-state index contributed by atoms with van der Waals surface area (Å²) in [5.74, 6) is -2.21. The van der Waals surface area contributed by atoms with E-state index in [1.807, 2.05) is 4.72 Å². The van der Waals surface area contributed by atoms with Gasteiger partial charge in [-0.3, -0.25) is 4.72 Å². The molecule has 0 unspecified atom stereocenters. The number of carboxylic acid groups (broad SMARTS) is 1. The Balaban J connectivity index is 3.33. The zero-order chi connectivity index (χ0) is 13.9. The fourth-order valence-corrected chi connectivity index (χ4v) is 2.49. The maximum absolute atomic E-state index is 11.4. The first-order valence-electron chi connectivity index (χ1n) is 4.36. The van der Waals surface area contributed by atoms with Gasteiger partial charge in [-0.1, -0.05) is 23.2 Å². The van der Waals surface area contributed by atoms with E-state index in [0.29, 0.717) is 0 Å². The van der Waals surface area contributed by atoms with E-state index >= 15 is 0 Å². The van der Waals surface area contributed by atoms with Crippen molar-refractivity contribution in [1.82, 2.24) is 0 Å². The highest BCUT2D eigenvalue weighted by Gasteiger charge is 2.20. The van der Waals surface area contributed by atoms with Gasteiger partial charge >= 0.3 is 5.97 Å². The Morgan fingerprint density at radius 1 is 1.44 bits per heavy atom. The zero-order valence-electron chi connectivity index (χ0n) is 8.65.